The number of imide groups is 1. The van der Waals surface area contributed by atoms with Gasteiger partial charge in [-0.25, -0.2) is 0 Å². The number of ether oxygens (including phenoxy) is 2. The minimum Gasteiger partial charge on any atom is -0.493 e. The number of carbonyl (C=O) groups excluding carboxylic acids is 2. The van der Waals surface area contributed by atoms with Crippen LogP contribution in [0.25, 0.3) is 0 Å². The van der Waals surface area contributed by atoms with E-state index in [0.717, 1.165) is 10.6 Å². The van der Waals surface area contributed by atoms with Gasteiger partial charge in [-0.15, -0.1) is 0 Å². The van der Waals surface area contributed by atoms with Crippen molar-refractivity contribution in [3.05, 3.63) is 94.5 Å². The van der Waals surface area contributed by atoms with Crippen molar-refractivity contribution in [1.82, 2.24) is 5.01 Å². The summed E-state index contributed by atoms with van der Waals surface area (Å²) in [5.74, 6) is 0.0359. The number of carbonyl (C=O) groups is 2. The lowest BCUT2D eigenvalue weighted by atomic mass is 10.1. The Morgan fingerprint density at radius 1 is 0.968 bits per heavy atom. The van der Waals surface area contributed by atoms with Crippen LogP contribution < -0.4 is 9.47 Å². The van der Waals surface area contributed by atoms with Gasteiger partial charge in [0.2, 0.25) is 0 Å². The predicted molar refractivity (Wildman–Crippen MR) is 113 cm³/mol. The molecule has 2 amide bonds. The van der Waals surface area contributed by atoms with E-state index in [1.807, 2.05) is 12.1 Å². The van der Waals surface area contributed by atoms with Crippen molar-refractivity contribution in [3.8, 4) is 17.6 Å². The lowest BCUT2D eigenvalue weighted by Crippen LogP contribution is -2.23. The summed E-state index contributed by atoms with van der Waals surface area (Å²) in [6.07, 6.45) is 1.42. The molecule has 0 N–H and O–H groups in total. The summed E-state index contributed by atoms with van der Waals surface area (Å²) in [5.41, 5.74) is 2.61. The number of hydrogen-bond donors (Lipinski definition) is 0. The fraction of sp³-hybridized carbons (Fsp3) is 0.0833. The van der Waals surface area contributed by atoms with Crippen molar-refractivity contribution in [2.45, 2.75) is 6.61 Å². The van der Waals surface area contributed by atoms with E-state index in [2.05, 4.69) is 11.2 Å². The number of fused-ring (bicyclic) bond motifs is 1. The number of hydrazone groups is 1. The van der Waals surface area contributed by atoms with Gasteiger partial charge in [0.05, 0.1) is 36.1 Å². The highest BCUT2D eigenvalue weighted by atomic mass is 16.5. The number of hydrogen-bond acceptors (Lipinski definition) is 6. The van der Waals surface area contributed by atoms with Crippen LogP contribution in [0.5, 0.6) is 11.5 Å². The molecule has 0 unspecified atom stereocenters. The molecule has 31 heavy (non-hydrogen) atoms. The predicted octanol–water partition coefficient (Wildman–Crippen LogP) is 3.78. The number of benzene rings is 3. The highest BCUT2D eigenvalue weighted by molar-refractivity contribution is 6.21. The highest BCUT2D eigenvalue weighted by Crippen LogP contribution is 2.29. The summed E-state index contributed by atoms with van der Waals surface area (Å²) in [6.45, 7) is 0.211. The van der Waals surface area contributed by atoms with Crippen LogP contribution in [-0.4, -0.2) is 30.1 Å². The summed E-state index contributed by atoms with van der Waals surface area (Å²) in [5, 5.41) is 14.1. The molecule has 0 aromatic heterocycles. The first-order valence-electron chi connectivity index (χ1n) is 9.43. The van der Waals surface area contributed by atoms with Gasteiger partial charge in [-0.1, -0.05) is 30.3 Å². The van der Waals surface area contributed by atoms with Crippen LogP contribution in [0.4, 0.5) is 0 Å². The molecule has 3 aromatic carbocycles. The smallest absolute Gasteiger partial charge is 0.282 e. The van der Waals surface area contributed by atoms with Gasteiger partial charge in [0.15, 0.2) is 11.5 Å². The zero-order chi connectivity index (χ0) is 21.8. The molecular weight excluding hydrogens is 394 g/mol. The molecule has 0 spiro atoms. The van der Waals surface area contributed by atoms with E-state index in [1.165, 1.54) is 13.3 Å². The Balaban J connectivity index is 1.50. The van der Waals surface area contributed by atoms with Gasteiger partial charge in [-0.2, -0.15) is 15.4 Å². The molecule has 1 heterocycles. The topological polar surface area (TPSA) is 92.0 Å². The van der Waals surface area contributed by atoms with Gasteiger partial charge < -0.3 is 9.47 Å². The van der Waals surface area contributed by atoms with Crippen molar-refractivity contribution in [2.24, 2.45) is 5.10 Å². The third kappa shape index (κ3) is 3.87. The van der Waals surface area contributed by atoms with Crippen LogP contribution in [0, 0.1) is 11.3 Å². The molecule has 1 aliphatic rings. The van der Waals surface area contributed by atoms with Gasteiger partial charge in [0, 0.05) is 5.56 Å². The second-order valence-electron chi connectivity index (χ2n) is 6.68. The molecule has 1 aliphatic heterocycles. The minimum absolute atomic E-state index is 0.211. The number of amides is 2. The number of methoxy groups -OCH3 is 1. The number of nitrogens with zero attached hydrogens (tertiary/aromatic N) is 3. The van der Waals surface area contributed by atoms with Gasteiger partial charge in [-0.05, 0) is 42.0 Å². The Bertz CT molecular complexity index is 1210. The van der Waals surface area contributed by atoms with E-state index < -0.39 is 11.8 Å². The molecule has 0 saturated carbocycles. The lowest BCUT2D eigenvalue weighted by molar-refractivity contribution is 0.0660. The van der Waals surface area contributed by atoms with Crippen LogP contribution in [0.1, 0.15) is 37.4 Å². The van der Waals surface area contributed by atoms with Gasteiger partial charge in [-0.3, -0.25) is 9.59 Å². The van der Waals surface area contributed by atoms with Crippen LogP contribution in [0.15, 0.2) is 71.8 Å². The Kier molecular flexibility index (Phi) is 5.45. The molecule has 4 rings (SSSR count). The van der Waals surface area contributed by atoms with Crippen LogP contribution in [0.2, 0.25) is 0 Å². The molecule has 3 aromatic rings. The summed E-state index contributed by atoms with van der Waals surface area (Å²) >= 11 is 0. The number of rotatable bonds is 6. The first-order valence-corrected chi connectivity index (χ1v) is 9.43. The van der Waals surface area contributed by atoms with Crippen molar-refractivity contribution < 1.29 is 19.1 Å². The molecule has 0 atom stereocenters. The molecular formula is C24H17N3O4. The number of nitriles is 1. The molecule has 0 fully saturated rings. The second-order valence-corrected chi connectivity index (χ2v) is 6.68. The lowest BCUT2D eigenvalue weighted by Gasteiger charge is -2.12. The van der Waals surface area contributed by atoms with Crippen LogP contribution >= 0.6 is 0 Å². The van der Waals surface area contributed by atoms with E-state index in [-0.39, 0.29) is 6.61 Å². The zero-order valence-corrected chi connectivity index (χ0v) is 16.6. The Labute approximate surface area is 178 Å². The minimum atomic E-state index is -0.458. The average Bonchev–Trinajstić information content (AvgIpc) is 3.06. The normalized spacial score (nSPS) is 12.7. The zero-order valence-electron chi connectivity index (χ0n) is 16.6. The average molecular weight is 411 g/mol. The molecule has 0 bridgehead atoms. The van der Waals surface area contributed by atoms with Crippen LogP contribution in [0.3, 0.4) is 0 Å². The Hall–Kier alpha value is -4.44. The van der Waals surface area contributed by atoms with Crippen molar-refractivity contribution >= 4 is 18.0 Å². The third-order valence-corrected chi connectivity index (χ3v) is 4.80. The monoisotopic (exact) mass is 411 g/mol. The third-order valence-electron chi connectivity index (χ3n) is 4.80. The first-order chi connectivity index (χ1) is 15.1. The molecule has 152 valence electrons. The molecule has 7 nitrogen and oxygen atoms in total. The first kappa shape index (κ1) is 19.9. The fourth-order valence-corrected chi connectivity index (χ4v) is 3.20. The molecule has 7 heteroatoms. The standard InChI is InChI=1S/C24H17N3O4/c1-30-22-12-16(10-11-21(22)31-15-18-7-3-2-6-17(18)13-25)14-26-27-23(28)19-8-4-5-9-20(19)24(27)29/h2-12,14H,15H2,1H3/b26-14-. The molecule has 0 aliphatic carbocycles. The van der Waals surface area contributed by atoms with E-state index in [0.29, 0.717) is 33.8 Å². The SMILES string of the molecule is COc1cc(/C=N\N2C(=O)c3ccccc3C2=O)ccc1OCc1ccccc1C#N. The van der Waals surface area contributed by atoms with E-state index in [9.17, 15) is 14.9 Å². The maximum Gasteiger partial charge on any atom is 0.282 e. The van der Waals surface area contributed by atoms with Crippen molar-refractivity contribution in [3.63, 3.8) is 0 Å². The summed E-state index contributed by atoms with van der Waals surface area (Å²) in [6, 6.07) is 21.1. The van der Waals surface area contributed by atoms with Gasteiger partial charge in [0.1, 0.15) is 6.61 Å². The van der Waals surface area contributed by atoms with Gasteiger partial charge >= 0.3 is 0 Å². The van der Waals surface area contributed by atoms with E-state index in [4.69, 9.17) is 9.47 Å². The van der Waals surface area contributed by atoms with Crippen molar-refractivity contribution in [1.29, 1.82) is 5.26 Å². The van der Waals surface area contributed by atoms with E-state index >= 15 is 0 Å². The quantitative estimate of drug-likeness (QED) is 0.455. The second kappa shape index (κ2) is 8.51. The maximum absolute atomic E-state index is 12.4. The highest BCUT2D eigenvalue weighted by Gasteiger charge is 2.35. The summed E-state index contributed by atoms with van der Waals surface area (Å²) in [7, 11) is 1.51. The summed E-state index contributed by atoms with van der Waals surface area (Å²) < 4.78 is 11.2. The largest absolute Gasteiger partial charge is 0.493 e. The maximum atomic E-state index is 12.4. The van der Waals surface area contributed by atoms with Gasteiger partial charge in [0.25, 0.3) is 11.8 Å². The fourth-order valence-electron chi connectivity index (χ4n) is 3.20. The molecule has 0 saturated heterocycles. The Morgan fingerprint density at radius 3 is 2.32 bits per heavy atom. The Morgan fingerprint density at radius 2 is 1.65 bits per heavy atom. The summed E-state index contributed by atoms with van der Waals surface area (Å²) in [4.78, 5) is 24.8. The van der Waals surface area contributed by atoms with Crippen molar-refractivity contribution in [2.75, 3.05) is 7.11 Å². The molecule has 0 radical (unpaired) electrons. The van der Waals surface area contributed by atoms with E-state index in [1.54, 1.807) is 54.6 Å². The van der Waals surface area contributed by atoms with Crippen LogP contribution in [-0.2, 0) is 6.61 Å².